The van der Waals surface area contributed by atoms with E-state index in [1.54, 1.807) is 19.2 Å². The van der Waals surface area contributed by atoms with Crippen molar-refractivity contribution in [1.82, 2.24) is 4.98 Å². The average Bonchev–Trinajstić information content (AvgIpc) is 2.03. The van der Waals surface area contributed by atoms with E-state index in [1.807, 2.05) is 6.07 Å². The van der Waals surface area contributed by atoms with Crippen LogP contribution in [0.15, 0.2) is 18.3 Å². The highest BCUT2D eigenvalue weighted by molar-refractivity contribution is 6.29. The van der Waals surface area contributed by atoms with E-state index in [0.29, 0.717) is 11.6 Å². The molecule has 0 aliphatic rings. The lowest BCUT2D eigenvalue weighted by atomic mass is 9.96. The summed E-state index contributed by atoms with van der Waals surface area (Å²) in [7, 11) is 0. The second-order valence-electron chi connectivity index (χ2n) is 3.48. The molecule has 1 aromatic rings. The van der Waals surface area contributed by atoms with Gasteiger partial charge in [-0.25, -0.2) is 4.98 Å². The van der Waals surface area contributed by atoms with Crippen LogP contribution in [-0.2, 0) is 6.42 Å². The topological polar surface area (TPSA) is 59.1 Å². The van der Waals surface area contributed by atoms with Crippen LogP contribution >= 0.6 is 11.6 Å². The average molecular weight is 201 g/mol. The Morgan fingerprint density at radius 2 is 2.38 bits per heavy atom. The third kappa shape index (κ3) is 3.30. The first-order valence-corrected chi connectivity index (χ1v) is 4.41. The van der Waals surface area contributed by atoms with Crippen molar-refractivity contribution in [3.8, 4) is 0 Å². The van der Waals surface area contributed by atoms with Crippen LogP contribution in [0, 0.1) is 0 Å². The standard InChI is InChI=1S/C9H13ClN2O/c1-9(11,6-13)5-7-2-3-12-8(10)4-7/h2-4,13H,5-6,11H2,1H3. The van der Waals surface area contributed by atoms with Crippen LogP contribution in [0.2, 0.25) is 5.15 Å². The molecule has 1 rings (SSSR count). The minimum Gasteiger partial charge on any atom is -0.394 e. The molecule has 72 valence electrons. The summed E-state index contributed by atoms with van der Waals surface area (Å²) >= 11 is 5.70. The van der Waals surface area contributed by atoms with Gasteiger partial charge < -0.3 is 10.8 Å². The summed E-state index contributed by atoms with van der Waals surface area (Å²) in [5, 5.41) is 9.40. The number of halogens is 1. The first-order valence-electron chi connectivity index (χ1n) is 4.04. The Hall–Kier alpha value is -0.640. The quantitative estimate of drug-likeness (QED) is 0.716. The highest BCUT2D eigenvalue weighted by Crippen LogP contribution is 2.12. The molecular formula is C9H13ClN2O. The maximum absolute atomic E-state index is 8.95. The molecule has 0 aliphatic heterocycles. The zero-order valence-electron chi connectivity index (χ0n) is 7.50. The molecule has 1 atom stereocenters. The third-order valence-electron chi connectivity index (χ3n) is 1.76. The first kappa shape index (κ1) is 10.4. The molecule has 0 bridgehead atoms. The van der Waals surface area contributed by atoms with Crippen molar-refractivity contribution < 1.29 is 5.11 Å². The highest BCUT2D eigenvalue weighted by atomic mass is 35.5. The van der Waals surface area contributed by atoms with Gasteiger partial charge in [-0.1, -0.05) is 11.6 Å². The van der Waals surface area contributed by atoms with Crippen molar-refractivity contribution >= 4 is 11.6 Å². The number of aliphatic hydroxyl groups excluding tert-OH is 1. The summed E-state index contributed by atoms with van der Waals surface area (Å²) in [6.07, 6.45) is 2.22. The number of aromatic nitrogens is 1. The Bertz CT molecular complexity index is 289. The van der Waals surface area contributed by atoms with Gasteiger partial charge in [0.1, 0.15) is 5.15 Å². The maximum atomic E-state index is 8.95. The molecule has 13 heavy (non-hydrogen) atoms. The lowest BCUT2D eigenvalue weighted by molar-refractivity contribution is 0.208. The predicted molar refractivity (Wildman–Crippen MR) is 52.6 cm³/mol. The second-order valence-corrected chi connectivity index (χ2v) is 3.86. The van der Waals surface area contributed by atoms with E-state index < -0.39 is 5.54 Å². The highest BCUT2D eigenvalue weighted by Gasteiger charge is 2.17. The van der Waals surface area contributed by atoms with Gasteiger partial charge in [0.2, 0.25) is 0 Å². The lowest BCUT2D eigenvalue weighted by Crippen LogP contribution is -2.42. The van der Waals surface area contributed by atoms with Crippen LogP contribution in [0.25, 0.3) is 0 Å². The number of hydrogen-bond donors (Lipinski definition) is 2. The fourth-order valence-electron chi connectivity index (χ4n) is 1.07. The van der Waals surface area contributed by atoms with Gasteiger partial charge >= 0.3 is 0 Å². The Labute approximate surface area is 82.5 Å². The molecular weight excluding hydrogens is 188 g/mol. The van der Waals surface area contributed by atoms with Crippen LogP contribution in [0.4, 0.5) is 0 Å². The van der Waals surface area contributed by atoms with Crippen molar-refractivity contribution in [2.45, 2.75) is 18.9 Å². The fraction of sp³-hybridized carbons (Fsp3) is 0.444. The predicted octanol–water partition coefficient (Wildman–Crippen LogP) is 0.987. The van der Waals surface area contributed by atoms with Crippen LogP contribution in [-0.4, -0.2) is 22.2 Å². The van der Waals surface area contributed by atoms with Gasteiger partial charge in [-0.2, -0.15) is 0 Å². The second kappa shape index (κ2) is 4.05. The number of pyridine rings is 1. The van der Waals surface area contributed by atoms with Gasteiger partial charge in [-0.3, -0.25) is 0 Å². The summed E-state index contributed by atoms with van der Waals surface area (Å²) in [4.78, 5) is 3.86. The number of nitrogens with zero attached hydrogens (tertiary/aromatic N) is 1. The molecule has 1 aromatic heterocycles. The zero-order chi connectivity index (χ0) is 9.90. The molecule has 4 heteroatoms. The fourth-order valence-corrected chi connectivity index (χ4v) is 1.27. The summed E-state index contributed by atoms with van der Waals surface area (Å²) in [5.41, 5.74) is 6.18. The summed E-state index contributed by atoms with van der Waals surface area (Å²) in [6, 6.07) is 3.59. The molecule has 3 nitrogen and oxygen atoms in total. The molecule has 0 fully saturated rings. The normalized spacial score (nSPS) is 15.4. The number of aliphatic hydroxyl groups is 1. The first-order chi connectivity index (χ1) is 6.03. The third-order valence-corrected chi connectivity index (χ3v) is 1.97. The molecule has 0 amide bonds. The lowest BCUT2D eigenvalue weighted by Gasteiger charge is -2.21. The smallest absolute Gasteiger partial charge is 0.129 e. The SMILES string of the molecule is CC(N)(CO)Cc1ccnc(Cl)c1. The van der Waals surface area contributed by atoms with E-state index in [9.17, 15) is 0 Å². The van der Waals surface area contributed by atoms with Crippen LogP contribution < -0.4 is 5.73 Å². The van der Waals surface area contributed by atoms with Crippen molar-refractivity contribution in [3.05, 3.63) is 29.0 Å². The molecule has 0 aliphatic carbocycles. The van der Waals surface area contributed by atoms with Gasteiger partial charge in [-0.15, -0.1) is 0 Å². The molecule has 1 heterocycles. The van der Waals surface area contributed by atoms with Crippen LogP contribution in [0.1, 0.15) is 12.5 Å². The zero-order valence-corrected chi connectivity index (χ0v) is 8.25. The van der Waals surface area contributed by atoms with Crippen molar-refractivity contribution in [2.24, 2.45) is 5.73 Å². The Morgan fingerprint density at radius 1 is 1.69 bits per heavy atom. The van der Waals surface area contributed by atoms with Gasteiger partial charge in [0, 0.05) is 11.7 Å². The molecule has 1 unspecified atom stereocenters. The summed E-state index contributed by atoms with van der Waals surface area (Å²) in [6.45, 7) is 1.74. The van der Waals surface area contributed by atoms with Crippen molar-refractivity contribution in [2.75, 3.05) is 6.61 Å². The molecule has 0 radical (unpaired) electrons. The van der Waals surface area contributed by atoms with E-state index in [4.69, 9.17) is 22.4 Å². The monoisotopic (exact) mass is 200 g/mol. The molecule has 0 saturated carbocycles. The van der Waals surface area contributed by atoms with Gasteiger partial charge in [0.05, 0.1) is 6.61 Å². The van der Waals surface area contributed by atoms with E-state index >= 15 is 0 Å². The minimum atomic E-state index is -0.593. The van der Waals surface area contributed by atoms with Crippen LogP contribution in [0.3, 0.4) is 0 Å². The van der Waals surface area contributed by atoms with Crippen molar-refractivity contribution in [3.63, 3.8) is 0 Å². The van der Waals surface area contributed by atoms with E-state index in [0.717, 1.165) is 5.56 Å². The Balaban J connectivity index is 2.74. The van der Waals surface area contributed by atoms with Crippen molar-refractivity contribution in [1.29, 1.82) is 0 Å². The number of rotatable bonds is 3. The molecule has 0 aromatic carbocycles. The minimum absolute atomic E-state index is 0.0487. The summed E-state index contributed by atoms with van der Waals surface area (Å²) in [5.74, 6) is 0. The molecule has 0 saturated heterocycles. The Morgan fingerprint density at radius 3 is 2.92 bits per heavy atom. The molecule has 0 spiro atoms. The van der Waals surface area contributed by atoms with Gasteiger partial charge in [0.15, 0.2) is 0 Å². The number of nitrogens with two attached hydrogens (primary N) is 1. The van der Waals surface area contributed by atoms with Gasteiger partial charge in [-0.05, 0) is 31.0 Å². The summed E-state index contributed by atoms with van der Waals surface area (Å²) < 4.78 is 0. The van der Waals surface area contributed by atoms with E-state index in [1.165, 1.54) is 0 Å². The largest absolute Gasteiger partial charge is 0.394 e. The molecule has 3 N–H and O–H groups in total. The van der Waals surface area contributed by atoms with Gasteiger partial charge in [0.25, 0.3) is 0 Å². The van der Waals surface area contributed by atoms with E-state index in [-0.39, 0.29) is 6.61 Å². The number of hydrogen-bond acceptors (Lipinski definition) is 3. The Kier molecular flexibility index (Phi) is 3.25. The van der Waals surface area contributed by atoms with Crippen LogP contribution in [0.5, 0.6) is 0 Å². The maximum Gasteiger partial charge on any atom is 0.129 e. The van der Waals surface area contributed by atoms with E-state index in [2.05, 4.69) is 4.98 Å².